The Kier molecular flexibility index (Phi) is 5.81. The van der Waals surface area contributed by atoms with Gasteiger partial charge in [0.05, 0.1) is 18.8 Å². The van der Waals surface area contributed by atoms with Gasteiger partial charge < -0.3 is 9.47 Å². The third-order valence-electron chi connectivity index (χ3n) is 2.84. The van der Waals surface area contributed by atoms with Gasteiger partial charge >= 0.3 is 12.1 Å². The first kappa shape index (κ1) is 17.1. The van der Waals surface area contributed by atoms with E-state index >= 15 is 0 Å². The molecule has 1 unspecified atom stereocenters. The zero-order valence-electron chi connectivity index (χ0n) is 12.0. The number of benzene rings is 1. The molecule has 3 nitrogen and oxygen atoms in total. The maximum absolute atomic E-state index is 12.7. The van der Waals surface area contributed by atoms with Gasteiger partial charge in [0.2, 0.25) is 0 Å². The molecule has 0 aliphatic rings. The Labute approximate surface area is 121 Å². The van der Waals surface area contributed by atoms with Crippen molar-refractivity contribution in [1.29, 1.82) is 0 Å². The number of hydrogen-bond donors (Lipinski definition) is 0. The van der Waals surface area contributed by atoms with Crippen LogP contribution in [0.4, 0.5) is 13.2 Å². The smallest absolute Gasteiger partial charge is 0.416 e. The lowest BCUT2D eigenvalue weighted by atomic mass is 10.1. The van der Waals surface area contributed by atoms with Crippen LogP contribution in [0.3, 0.4) is 0 Å². The Hall–Kier alpha value is -1.98. The van der Waals surface area contributed by atoms with Crippen LogP contribution in [-0.4, -0.2) is 19.2 Å². The third kappa shape index (κ3) is 5.13. The van der Waals surface area contributed by atoms with Crippen molar-refractivity contribution in [3.05, 3.63) is 35.4 Å². The Bertz CT molecular complexity index is 521. The fourth-order valence-electron chi connectivity index (χ4n) is 1.48. The Balaban J connectivity index is 3.17. The second kappa shape index (κ2) is 7.15. The highest BCUT2D eigenvalue weighted by molar-refractivity contribution is 5.87. The maximum atomic E-state index is 12.7. The summed E-state index contributed by atoms with van der Waals surface area (Å²) in [6.45, 7) is 3.62. The highest BCUT2D eigenvalue weighted by atomic mass is 19.4. The average Bonchev–Trinajstić information content (AvgIpc) is 2.44. The van der Waals surface area contributed by atoms with Crippen molar-refractivity contribution >= 4 is 12.0 Å². The van der Waals surface area contributed by atoms with Crippen molar-refractivity contribution in [1.82, 2.24) is 0 Å². The Morgan fingerprint density at radius 1 is 1.38 bits per heavy atom. The molecular formula is C15H17F3O3. The van der Waals surface area contributed by atoms with Crippen molar-refractivity contribution in [2.75, 3.05) is 7.11 Å². The second-order valence-corrected chi connectivity index (χ2v) is 4.44. The molecule has 0 amide bonds. The third-order valence-corrected chi connectivity index (χ3v) is 2.84. The van der Waals surface area contributed by atoms with Gasteiger partial charge in [0, 0.05) is 11.6 Å². The van der Waals surface area contributed by atoms with Crippen LogP contribution in [0.1, 0.15) is 31.4 Å². The molecule has 0 aliphatic heterocycles. The normalized spacial score (nSPS) is 13.2. The minimum atomic E-state index is -4.45. The summed E-state index contributed by atoms with van der Waals surface area (Å²) < 4.78 is 48.2. The minimum Gasteiger partial charge on any atom is -0.490 e. The molecule has 0 saturated heterocycles. The number of hydrogen-bond acceptors (Lipinski definition) is 3. The first-order chi connectivity index (χ1) is 9.77. The fourth-order valence-corrected chi connectivity index (χ4v) is 1.48. The van der Waals surface area contributed by atoms with Crippen molar-refractivity contribution in [2.24, 2.45) is 0 Å². The first-order valence-corrected chi connectivity index (χ1v) is 6.41. The lowest BCUT2D eigenvalue weighted by Crippen LogP contribution is -2.12. The van der Waals surface area contributed by atoms with E-state index in [1.807, 2.05) is 6.92 Å². The van der Waals surface area contributed by atoms with E-state index in [0.29, 0.717) is 12.0 Å². The van der Waals surface area contributed by atoms with Crippen LogP contribution in [0.15, 0.2) is 24.3 Å². The molecule has 0 bridgehead atoms. The molecule has 0 radical (unpaired) electrons. The van der Waals surface area contributed by atoms with E-state index in [2.05, 4.69) is 4.74 Å². The molecule has 6 heteroatoms. The molecular weight excluding hydrogens is 285 g/mol. The molecule has 0 saturated carbocycles. The van der Waals surface area contributed by atoms with Gasteiger partial charge in [-0.2, -0.15) is 13.2 Å². The van der Waals surface area contributed by atoms with E-state index in [-0.39, 0.29) is 11.9 Å². The predicted octanol–water partition coefficient (Wildman–Crippen LogP) is 4.07. The minimum absolute atomic E-state index is 0.0827. The fraction of sp³-hybridized carbons (Fsp3) is 0.400. The number of halogens is 3. The molecule has 1 rings (SSSR count). The highest BCUT2D eigenvalue weighted by Crippen LogP contribution is 2.34. The zero-order valence-corrected chi connectivity index (χ0v) is 12.0. The van der Waals surface area contributed by atoms with Crippen LogP contribution >= 0.6 is 0 Å². The van der Waals surface area contributed by atoms with Crippen molar-refractivity contribution < 1.29 is 27.4 Å². The Morgan fingerprint density at radius 2 is 2.05 bits per heavy atom. The Morgan fingerprint density at radius 3 is 2.57 bits per heavy atom. The van der Waals surface area contributed by atoms with Gasteiger partial charge in [-0.15, -0.1) is 0 Å². The van der Waals surface area contributed by atoms with E-state index in [0.717, 1.165) is 18.2 Å². The van der Waals surface area contributed by atoms with Crippen LogP contribution in [0, 0.1) is 0 Å². The molecule has 1 aromatic carbocycles. The van der Waals surface area contributed by atoms with Crippen LogP contribution < -0.4 is 4.74 Å². The van der Waals surface area contributed by atoms with Gasteiger partial charge in [0.1, 0.15) is 5.75 Å². The largest absolute Gasteiger partial charge is 0.490 e. The standard InChI is InChI=1S/C15H17F3O3/c1-4-10(2)21-13-9-12(15(16,17)18)7-5-11(13)6-8-14(19)20-3/h5-10H,4H2,1-3H3/b8-6+. The highest BCUT2D eigenvalue weighted by Gasteiger charge is 2.31. The number of carbonyl (C=O) groups is 1. The molecule has 0 aromatic heterocycles. The quantitative estimate of drug-likeness (QED) is 0.607. The van der Waals surface area contributed by atoms with E-state index in [9.17, 15) is 18.0 Å². The van der Waals surface area contributed by atoms with Crippen molar-refractivity contribution in [2.45, 2.75) is 32.5 Å². The summed E-state index contributed by atoms with van der Waals surface area (Å²) in [5, 5.41) is 0. The van der Waals surface area contributed by atoms with E-state index in [1.54, 1.807) is 6.92 Å². The van der Waals surface area contributed by atoms with Crippen LogP contribution in [-0.2, 0) is 15.7 Å². The molecule has 0 heterocycles. The summed E-state index contributed by atoms with van der Waals surface area (Å²) >= 11 is 0. The summed E-state index contributed by atoms with van der Waals surface area (Å²) in [6.07, 6.45) is -1.54. The van der Waals surface area contributed by atoms with Gasteiger partial charge in [0.25, 0.3) is 0 Å². The van der Waals surface area contributed by atoms with Crippen LogP contribution in [0.25, 0.3) is 6.08 Å². The summed E-state index contributed by atoms with van der Waals surface area (Å²) in [7, 11) is 1.22. The molecule has 0 N–H and O–H groups in total. The first-order valence-electron chi connectivity index (χ1n) is 6.41. The molecule has 116 valence electrons. The number of methoxy groups -OCH3 is 1. The molecule has 0 fully saturated rings. The van der Waals surface area contributed by atoms with Gasteiger partial charge in [0.15, 0.2) is 0 Å². The number of esters is 1. The van der Waals surface area contributed by atoms with Crippen LogP contribution in [0.5, 0.6) is 5.75 Å². The zero-order chi connectivity index (χ0) is 16.0. The number of rotatable bonds is 5. The van der Waals surface area contributed by atoms with Gasteiger partial charge in [-0.05, 0) is 31.6 Å². The number of carbonyl (C=O) groups excluding carboxylic acids is 1. The SMILES string of the molecule is CCC(C)Oc1cc(C(F)(F)F)ccc1/C=C/C(=O)OC. The van der Waals surface area contributed by atoms with Gasteiger partial charge in [-0.3, -0.25) is 0 Å². The van der Waals surface area contributed by atoms with Crippen molar-refractivity contribution in [3.63, 3.8) is 0 Å². The molecule has 1 aromatic rings. The number of ether oxygens (including phenoxy) is 2. The summed E-state index contributed by atoms with van der Waals surface area (Å²) in [4.78, 5) is 11.1. The van der Waals surface area contributed by atoms with Gasteiger partial charge in [-0.1, -0.05) is 13.0 Å². The molecule has 0 spiro atoms. The molecule has 21 heavy (non-hydrogen) atoms. The van der Waals surface area contributed by atoms with E-state index in [4.69, 9.17) is 4.74 Å². The lowest BCUT2D eigenvalue weighted by Gasteiger charge is -2.17. The summed E-state index contributed by atoms with van der Waals surface area (Å²) in [5.41, 5.74) is -0.412. The summed E-state index contributed by atoms with van der Waals surface area (Å²) in [5.74, 6) is -0.510. The van der Waals surface area contributed by atoms with E-state index in [1.165, 1.54) is 19.3 Å². The molecule has 1 atom stereocenters. The van der Waals surface area contributed by atoms with Crippen LogP contribution in [0.2, 0.25) is 0 Å². The number of alkyl halides is 3. The monoisotopic (exact) mass is 302 g/mol. The predicted molar refractivity (Wildman–Crippen MR) is 72.9 cm³/mol. The summed E-state index contributed by atoms with van der Waals surface area (Å²) in [6, 6.07) is 3.14. The second-order valence-electron chi connectivity index (χ2n) is 4.44. The topological polar surface area (TPSA) is 35.5 Å². The maximum Gasteiger partial charge on any atom is 0.416 e. The lowest BCUT2D eigenvalue weighted by molar-refractivity contribution is -0.138. The molecule has 0 aliphatic carbocycles. The van der Waals surface area contributed by atoms with Crippen molar-refractivity contribution in [3.8, 4) is 5.75 Å². The van der Waals surface area contributed by atoms with Gasteiger partial charge in [-0.25, -0.2) is 4.79 Å². The average molecular weight is 302 g/mol. The van der Waals surface area contributed by atoms with E-state index < -0.39 is 17.7 Å².